The zero-order valence-corrected chi connectivity index (χ0v) is 27.7. The first-order valence-corrected chi connectivity index (χ1v) is 14.9. The predicted molar refractivity (Wildman–Crippen MR) is 178 cm³/mol. The number of rotatable bonds is 14. The maximum atomic E-state index is 12.1. The quantitative estimate of drug-likeness (QED) is 0.0839. The molecule has 0 bridgehead atoms. The molecule has 2 aromatic carbocycles. The summed E-state index contributed by atoms with van der Waals surface area (Å²) in [5, 5.41) is 29.3. The van der Waals surface area contributed by atoms with Crippen molar-refractivity contribution in [2.45, 2.75) is 32.8 Å². The third-order valence-electron chi connectivity index (χ3n) is 6.87. The molecular weight excluding hydrogens is 644 g/mol. The van der Waals surface area contributed by atoms with Crippen LogP contribution in [0.4, 0.5) is 27.5 Å². The van der Waals surface area contributed by atoms with Gasteiger partial charge in [0, 0.05) is 56.2 Å². The van der Waals surface area contributed by atoms with Crippen molar-refractivity contribution in [2.24, 2.45) is 11.7 Å². The van der Waals surface area contributed by atoms with Crippen LogP contribution in [0.1, 0.15) is 47.9 Å². The molecule has 0 unspecified atom stereocenters. The number of carbonyl (C=O) groups excluding carboxylic acids is 3. The molecular formula is C32H38N6O11. The van der Waals surface area contributed by atoms with E-state index in [-0.39, 0.29) is 65.7 Å². The van der Waals surface area contributed by atoms with Crippen molar-refractivity contribution in [3.05, 3.63) is 67.8 Å². The molecule has 0 saturated carbocycles. The van der Waals surface area contributed by atoms with Crippen molar-refractivity contribution in [1.82, 2.24) is 4.90 Å². The van der Waals surface area contributed by atoms with E-state index in [0.29, 0.717) is 19.5 Å². The second-order valence-electron chi connectivity index (χ2n) is 11.6. The molecule has 0 aromatic heterocycles. The fraction of sp³-hybridized carbons (Fsp3) is 0.406. The van der Waals surface area contributed by atoms with Crippen molar-refractivity contribution >= 4 is 40.7 Å². The molecule has 1 aliphatic heterocycles. The van der Waals surface area contributed by atoms with E-state index in [1.807, 2.05) is 0 Å². The van der Waals surface area contributed by atoms with Crippen molar-refractivity contribution in [3.63, 3.8) is 0 Å². The lowest BCUT2D eigenvalue weighted by molar-refractivity contribution is -0.384. The first-order chi connectivity index (χ1) is 23.1. The Balaban J connectivity index is 1.65. The smallest absolute Gasteiger partial charge is 0.410 e. The summed E-state index contributed by atoms with van der Waals surface area (Å²) in [5.74, 6) is 4.37. The van der Waals surface area contributed by atoms with Crippen LogP contribution in [-0.2, 0) is 9.47 Å². The molecule has 17 heteroatoms. The lowest BCUT2D eigenvalue weighted by atomic mass is 9.97. The van der Waals surface area contributed by atoms with E-state index in [1.54, 1.807) is 37.8 Å². The Morgan fingerprint density at radius 2 is 1.49 bits per heavy atom. The molecule has 0 spiro atoms. The third-order valence-corrected chi connectivity index (χ3v) is 6.87. The van der Waals surface area contributed by atoms with E-state index in [9.17, 15) is 34.6 Å². The number of hydrogen-bond donors (Lipinski definition) is 3. The number of nitrogens with zero attached hydrogens (tertiary/aromatic N) is 3. The minimum absolute atomic E-state index is 0.0166. The van der Waals surface area contributed by atoms with Crippen LogP contribution in [0.5, 0.6) is 11.5 Å². The number of ether oxygens (including phenoxy) is 4. The molecule has 0 radical (unpaired) electrons. The first-order valence-electron chi connectivity index (χ1n) is 14.9. The minimum Gasteiger partial charge on any atom is -0.494 e. The Morgan fingerprint density at radius 1 is 0.939 bits per heavy atom. The average Bonchev–Trinajstić information content (AvgIpc) is 3.01. The van der Waals surface area contributed by atoms with Gasteiger partial charge in [-0.1, -0.05) is 24.0 Å². The van der Waals surface area contributed by atoms with Gasteiger partial charge in [-0.2, -0.15) is 0 Å². The number of nitro groups is 2. The molecule has 49 heavy (non-hydrogen) atoms. The van der Waals surface area contributed by atoms with Crippen LogP contribution >= 0.6 is 0 Å². The monoisotopic (exact) mass is 682 g/mol. The molecule has 2 amide bonds. The van der Waals surface area contributed by atoms with Gasteiger partial charge in [-0.15, -0.1) is 0 Å². The highest BCUT2D eigenvalue weighted by Gasteiger charge is 2.33. The lowest BCUT2D eigenvalue weighted by Crippen LogP contribution is -2.51. The Kier molecular flexibility index (Phi) is 12.7. The van der Waals surface area contributed by atoms with Gasteiger partial charge in [-0.3, -0.25) is 25.0 Å². The zero-order chi connectivity index (χ0) is 36.3. The van der Waals surface area contributed by atoms with Crippen molar-refractivity contribution in [1.29, 1.82) is 0 Å². The van der Waals surface area contributed by atoms with Gasteiger partial charge in [0.15, 0.2) is 17.1 Å². The van der Waals surface area contributed by atoms with E-state index in [2.05, 4.69) is 27.2 Å². The summed E-state index contributed by atoms with van der Waals surface area (Å²) in [5.41, 5.74) is 3.77. The maximum absolute atomic E-state index is 12.1. The largest absolute Gasteiger partial charge is 0.494 e. The zero-order valence-electron chi connectivity index (χ0n) is 27.7. The molecule has 2 aromatic rings. The highest BCUT2D eigenvalue weighted by molar-refractivity contribution is 5.96. The number of hydrogen-bond acceptors (Lipinski definition) is 13. The summed E-state index contributed by atoms with van der Waals surface area (Å²) in [6, 6.07) is 4.68. The predicted octanol–water partition coefficient (Wildman–Crippen LogP) is 4.12. The fourth-order valence-corrected chi connectivity index (χ4v) is 4.54. The molecule has 17 nitrogen and oxygen atoms in total. The number of primary amides is 1. The number of anilines is 2. The van der Waals surface area contributed by atoms with Crippen LogP contribution in [0.15, 0.2) is 36.4 Å². The molecule has 1 saturated heterocycles. The number of benzene rings is 2. The Morgan fingerprint density at radius 3 is 2.00 bits per heavy atom. The van der Waals surface area contributed by atoms with Crippen LogP contribution in [0.25, 0.3) is 0 Å². The molecule has 0 atom stereocenters. The Bertz CT molecular complexity index is 1680. The highest BCUT2D eigenvalue weighted by atomic mass is 16.6. The summed E-state index contributed by atoms with van der Waals surface area (Å²) in [7, 11) is 2.44. The van der Waals surface area contributed by atoms with Gasteiger partial charge in [-0.25, -0.2) is 9.59 Å². The van der Waals surface area contributed by atoms with Crippen molar-refractivity contribution in [2.75, 3.05) is 57.6 Å². The van der Waals surface area contributed by atoms with Crippen LogP contribution in [0, 0.1) is 38.0 Å². The normalized spacial score (nSPS) is 12.6. The number of amides is 2. The standard InChI is InChI=1S/C32H38N6O11/c1-32(2,3)49-31(41)36-18-20(19-36)10-6-9-13-48-26-16-21(29(33)39)14-23(37(42)43)28(26)35-12-8-7-11-34-27-24(38(44)45)15-22(30(40)47-5)17-25(27)46-4/h7-8,14-17,20,34-35H,10-13,18-19H2,1-5H3,(H2,33,39)/b8-7+. The summed E-state index contributed by atoms with van der Waals surface area (Å²) < 4.78 is 20.9. The molecule has 4 N–H and O–H groups in total. The second-order valence-corrected chi connectivity index (χ2v) is 11.6. The fourth-order valence-electron chi connectivity index (χ4n) is 4.54. The number of nitro benzene ring substituents is 2. The van der Waals surface area contributed by atoms with Crippen LogP contribution in [0.3, 0.4) is 0 Å². The number of nitrogens with one attached hydrogen (secondary N) is 2. The molecule has 1 aliphatic rings. The van der Waals surface area contributed by atoms with Gasteiger partial charge < -0.3 is 40.2 Å². The lowest BCUT2D eigenvalue weighted by Gasteiger charge is -2.39. The second kappa shape index (κ2) is 16.7. The van der Waals surface area contributed by atoms with Crippen molar-refractivity contribution in [3.8, 4) is 23.3 Å². The number of methoxy groups -OCH3 is 2. The molecule has 262 valence electrons. The number of nitrogens with two attached hydrogens (primary N) is 1. The van der Waals surface area contributed by atoms with E-state index in [1.165, 1.54) is 19.2 Å². The maximum Gasteiger partial charge on any atom is 0.410 e. The van der Waals surface area contributed by atoms with E-state index in [4.69, 9.17) is 19.9 Å². The van der Waals surface area contributed by atoms with E-state index in [0.717, 1.165) is 19.2 Å². The minimum atomic E-state index is -0.889. The topological polar surface area (TPSA) is 228 Å². The Labute approximate surface area is 282 Å². The number of carbonyl (C=O) groups is 3. The molecule has 1 heterocycles. The summed E-state index contributed by atoms with van der Waals surface area (Å²) in [6.45, 7) is 6.40. The summed E-state index contributed by atoms with van der Waals surface area (Å²) in [6.07, 6.45) is 3.32. The Hall–Kier alpha value is -6.05. The molecule has 1 fully saturated rings. The number of likely N-dealkylation sites (tertiary alicyclic amines) is 1. The number of esters is 1. The van der Waals surface area contributed by atoms with Gasteiger partial charge in [0.05, 0.1) is 29.6 Å². The average molecular weight is 683 g/mol. The van der Waals surface area contributed by atoms with Gasteiger partial charge in [-0.05, 0) is 32.9 Å². The van der Waals surface area contributed by atoms with Gasteiger partial charge in [0.1, 0.15) is 18.0 Å². The SMILES string of the molecule is COC(=O)c1cc(OC)c(NC/C=C/CNc2c(OCC#CCC3CN(C(=O)OC(C)(C)C)C3)cc(C(N)=O)cc2[N+](=O)[O-])c([N+](=O)[O-])c1. The molecule has 0 aliphatic carbocycles. The summed E-state index contributed by atoms with van der Waals surface area (Å²) >= 11 is 0. The van der Waals surface area contributed by atoms with Gasteiger partial charge in [0.2, 0.25) is 5.91 Å². The van der Waals surface area contributed by atoms with Crippen LogP contribution < -0.4 is 25.8 Å². The third kappa shape index (κ3) is 10.5. The van der Waals surface area contributed by atoms with E-state index < -0.39 is 38.7 Å². The first kappa shape index (κ1) is 37.4. The van der Waals surface area contributed by atoms with Crippen LogP contribution in [0.2, 0.25) is 0 Å². The van der Waals surface area contributed by atoms with E-state index >= 15 is 0 Å². The van der Waals surface area contributed by atoms with Crippen LogP contribution in [-0.4, -0.2) is 85.3 Å². The van der Waals surface area contributed by atoms with Gasteiger partial charge >= 0.3 is 12.1 Å². The molecule has 3 rings (SSSR count). The summed E-state index contributed by atoms with van der Waals surface area (Å²) in [4.78, 5) is 59.7. The van der Waals surface area contributed by atoms with Crippen molar-refractivity contribution < 1.29 is 43.2 Å². The highest BCUT2D eigenvalue weighted by Crippen LogP contribution is 2.37. The van der Waals surface area contributed by atoms with Gasteiger partial charge in [0.25, 0.3) is 11.4 Å².